The summed E-state index contributed by atoms with van der Waals surface area (Å²) in [5.41, 5.74) is 13.0. The molecule has 2 aliphatic carbocycles. The summed E-state index contributed by atoms with van der Waals surface area (Å²) in [6.07, 6.45) is 0. The van der Waals surface area contributed by atoms with E-state index in [9.17, 15) is 17.6 Å². The Morgan fingerprint density at radius 1 is 0.250 bits per heavy atom. The lowest BCUT2D eigenvalue weighted by atomic mass is 9.49. The molecule has 0 aromatic heterocycles. The molecule has 2 atom stereocenters. The summed E-state index contributed by atoms with van der Waals surface area (Å²) in [4.78, 5) is 4.22. The van der Waals surface area contributed by atoms with E-state index in [1.54, 1.807) is 48.5 Å². The van der Waals surface area contributed by atoms with Gasteiger partial charge in [0.25, 0.3) is 0 Å². The molecule has 0 amide bonds. The Morgan fingerprint density at radius 3 is 0.855 bits per heavy atom. The first kappa shape index (κ1) is 45.1. The lowest BCUT2D eigenvalue weighted by Crippen LogP contribution is -2.50. The van der Waals surface area contributed by atoms with Gasteiger partial charge in [-0.1, -0.05) is 158 Å². The Kier molecular flexibility index (Phi) is 10.4. The van der Waals surface area contributed by atoms with Crippen LogP contribution in [-0.2, 0) is 10.8 Å². The molecule has 0 saturated carbocycles. The highest BCUT2D eigenvalue weighted by atomic mass is 19.1. The first-order chi connectivity index (χ1) is 37.4. The minimum atomic E-state index is -1.09. The van der Waals surface area contributed by atoms with Gasteiger partial charge in [0, 0.05) is 33.5 Å². The summed E-state index contributed by atoms with van der Waals surface area (Å²) in [5, 5.41) is 3.94. The average Bonchev–Trinajstić information content (AvgIpc) is 4.13. The van der Waals surface area contributed by atoms with Crippen molar-refractivity contribution in [2.24, 2.45) is 0 Å². The van der Waals surface area contributed by atoms with Gasteiger partial charge in [0.1, 0.15) is 23.3 Å². The molecular weight excluding hydrogens is 945 g/mol. The van der Waals surface area contributed by atoms with Gasteiger partial charge in [0.05, 0.1) is 22.2 Å². The van der Waals surface area contributed by atoms with E-state index in [0.717, 1.165) is 88.6 Å². The van der Waals surface area contributed by atoms with E-state index < -0.39 is 10.8 Å². The number of halogens is 4. The number of benzene rings is 12. The number of fused-ring (bicyclic) bond motifs is 10. The third-order valence-corrected chi connectivity index (χ3v) is 15.9. The summed E-state index contributed by atoms with van der Waals surface area (Å²) in [6.45, 7) is 0. The monoisotopic (exact) mass is 988 g/mol. The maximum Gasteiger partial charge on any atom is 0.123 e. The first-order valence-electron chi connectivity index (χ1n) is 25.4. The van der Waals surface area contributed by atoms with Crippen molar-refractivity contribution in [2.45, 2.75) is 10.8 Å². The van der Waals surface area contributed by atoms with E-state index >= 15 is 0 Å². The lowest BCUT2D eigenvalue weighted by molar-refractivity contribution is 0.438. The van der Waals surface area contributed by atoms with Crippen LogP contribution in [0.1, 0.15) is 33.4 Å². The van der Waals surface area contributed by atoms with E-state index in [-0.39, 0.29) is 23.3 Å². The summed E-state index contributed by atoms with van der Waals surface area (Å²) >= 11 is 0. The minimum absolute atomic E-state index is 0.368. The Bertz CT molecular complexity index is 3840. The molecule has 2 nitrogen and oxygen atoms in total. The van der Waals surface area contributed by atoms with Crippen molar-refractivity contribution in [1.29, 1.82) is 0 Å². The van der Waals surface area contributed by atoms with Crippen molar-refractivity contribution in [3.63, 3.8) is 0 Å². The van der Waals surface area contributed by atoms with E-state index in [1.165, 1.54) is 48.5 Å². The topological polar surface area (TPSA) is 6.48 Å². The lowest BCUT2D eigenvalue weighted by Gasteiger charge is -2.51. The van der Waals surface area contributed by atoms with Gasteiger partial charge in [-0.05, 0) is 176 Å². The second kappa shape index (κ2) is 17.6. The van der Waals surface area contributed by atoms with Crippen molar-refractivity contribution in [3.05, 3.63) is 324 Å². The van der Waals surface area contributed by atoms with Gasteiger partial charge in [-0.25, -0.2) is 17.6 Å². The predicted molar refractivity (Wildman–Crippen MR) is 301 cm³/mol. The summed E-state index contributed by atoms with van der Waals surface area (Å²) in [5.74, 6) is -1.47. The molecule has 6 heteroatoms. The molecule has 12 aromatic carbocycles. The van der Waals surface area contributed by atoms with Gasteiger partial charge in [0.15, 0.2) is 0 Å². The molecule has 0 heterocycles. The van der Waals surface area contributed by atoms with Crippen molar-refractivity contribution in [3.8, 4) is 22.3 Å². The Balaban J connectivity index is 1.21. The highest BCUT2D eigenvalue weighted by Crippen LogP contribution is 2.72. The van der Waals surface area contributed by atoms with Crippen LogP contribution in [0.25, 0.3) is 43.8 Å². The fourth-order valence-corrected chi connectivity index (χ4v) is 13.1. The van der Waals surface area contributed by atoms with Crippen LogP contribution in [0.15, 0.2) is 267 Å². The fourth-order valence-electron chi connectivity index (χ4n) is 13.1. The van der Waals surface area contributed by atoms with Gasteiger partial charge < -0.3 is 9.80 Å². The zero-order valence-corrected chi connectivity index (χ0v) is 40.8. The van der Waals surface area contributed by atoms with Crippen LogP contribution in [0, 0.1) is 23.3 Å². The van der Waals surface area contributed by atoms with Crippen molar-refractivity contribution >= 4 is 55.7 Å². The molecule has 12 aromatic rings. The average molecular weight is 989 g/mol. The molecule has 0 fully saturated rings. The third-order valence-electron chi connectivity index (χ3n) is 15.9. The second-order valence-electron chi connectivity index (χ2n) is 19.6. The predicted octanol–water partition coefficient (Wildman–Crippen LogP) is 18.8. The standard InChI is InChI=1S/C70H44F4N2/c71-47-27-35-51(36-28-47)75(52-37-29-48(72)30-38-52)65-43-63-67(57-21-9-7-19-55(57)65)59-23-11-13-25-61(59)69(63,45-15-3-1-4-16-45)70(46-17-5-2-6-18-46)62-26-14-12-24-60(62)68-58-22-10-8-20-56(58)66(44-64(68)70)76(53-39-31-49(73)32-40-53)54-41-33-50(74)34-42-54/h1-44H. The van der Waals surface area contributed by atoms with Crippen LogP contribution in [-0.4, -0.2) is 0 Å². The van der Waals surface area contributed by atoms with Gasteiger partial charge in [-0.15, -0.1) is 0 Å². The molecule has 0 saturated heterocycles. The molecule has 362 valence electrons. The largest absolute Gasteiger partial charge is 0.310 e. The van der Waals surface area contributed by atoms with E-state index in [1.807, 2.05) is 12.1 Å². The van der Waals surface area contributed by atoms with E-state index in [2.05, 4.69) is 168 Å². The maximum absolute atomic E-state index is 15.0. The molecular formula is C70H44F4N2. The van der Waals surface area contributed by atoms with Crippen LogP contribution in [0.5, 0.6) is 0 Å². The van der Waals surface area contributed by atoms with Crippen molar-refractivity contribution in [1.82, 2.24) is 0 Å². The van der Waals surface area contributed by atoms with Gasteiger partial charge in [0.2, 0.25) is 0 Å². The number of rotatable bonds is 9. The molecule has 0 aliphatic heterocycles. The van der Waals surface area contributed by atoms with Crippen LogP contribution >= 0.6 is 0 Å². The molecule has 76 heavy (non-hydrogen) atoms. The minimum Gasteiger partial charge on any atom is -0.310 e. The SMILES string of the molecule is Fc1ccc(N(c2ccc(F)cc2)c2cc3c(c4ccccc24)-c2ccccc2C3(c2ccccc2)C2(c3ccccc3)c3ccccc3-c3c2cc(N(c2ccc(F)cc2)c2ccc(F)cc2)c2ccccc32)cc1. The number of hydrogen-bond donors (Lipinski definition) is 0. The third kappa shape index (κ3) is 6.53. The normalized spacial score (nSPS) is 16.0. The number of hydrogen-bond acceptors (Lipinski definition) is 2. The Hall–Kier alpha value is -9.52. The highest BCUT2D eigenvalue weighted by Gasteiger charge is 2.65. The van der Waals surface area contributed by atoms with Crippen molar-refractivity contribution < 1.29 is 17.6 Å². The zero-order chi connectivity index (χ0) is 51.1. The molecule has 2 aliphatic rings. The maximum atomic E-state index is 15.0. The summed E-state index contributed by atoms with van der Waals surface area (Å²) in [7, 11) is 0. The van der Waals surface area contributed by atoms with Crippen LogP contribution in [0.4, 0.5) is 51.7 Å². The Morgan fingerprint density at radius 2 is 0.526 bits per heavy atom. The van der Waals surface area contributed by atoms with Gasteiger partial charge >= 0.3 is 0 Å². The molecule has 0 radical (unpaired) electrons. The van der Waals surface area contributed by atoms with Crippen molar-refractivity contribution in [2.75, 3.05) is 9.80 Å². The fraction of sp³-hybridized carbons (Fsp3) is 0.0286. The molecule has 14 rings (SSSR count). The second-order valence-corrected chi connectivity index (χ2v) is 19.6. The number of anilines is 6. The molecule has 0 spiro atoms. The number of nitrogens with zero attached hydrogens (tertiary/aromatic N) is 2. The Labute approximate surface area is 437 Å². The molecule has 2 unspecified atom stereocenters. The van der Waals surface area contributed by atoms with Crippen LogP contribution in [0.3, 0.4) is 0 Å². The molecule has 0 N–H and O–H groups in total. The summed E-state index contributed by atoms with van der Waals surface area (Å²) < 4.78 is 60.0. The van der Waals surface area contributed by atoms with Gasteiger partial charge in [-0.2, -0.15) is 0 Å². The van der Waals surface area contributed by atoms with Gasteiger partial charge in [-0.3, -0.25) is 0 Å². The quantitative estimate of drug-likeness (QED) is 0.133. The van der Waals surface area contributed by atoms with E-state index in [0.29, 0.717) is 22.7 Å². The first-order valence-corrected chi connectivity index (χ1v) is 25.4. The van der Waals surface area contributed by atoms with Crippen LogP contribution in [0.2, 0.25) is 0 Å². The smallest absolute Gasteiger partial charge is 0.123 e. The van der Waals surface area contributed by atoms with E-state index in [4.69, 9.17) is 0 Å². The summed E-state index contributed by atoms with van der Waals surface area (Å²) in [6, 6.07) is 86.8. The highest BCUT2D eigenvalue weighted by molar-refractivity contribution is 6.14. The van der Waals surface area contributed by atoms with Crippen LogP contribution < -0.4 is 9.80 Å². The molecule has 0 bridgehead atoms. The zero-order valence-electron chi connectivity index (χ0n) is 40.8.